The lowest BCUT2D eigenvalue weighted by atomic mass is 10.0. The number of carbonyl (C=O) groups is 1. The van der Waals surface area contributed by atoms with E-state index in [1.807, 2.05) is 29.5 Å². The molecule has 0 atom stereocenters. The molecule has 1 aromatic carbocycles. The van der Waals surface area contributed by atoms with Crippen molar-refractivity contribution in [3.05, 3.63) is 70.0 Å². The summed E-state index contributed by atoms with van der Waals surface area (Å²) in [6.07, 6.45) is 11.5. The van der Waals surface area contributed by atoms with Crippen LogP contribution < -0.4 is 0 Å². The standard InChI is InChI=1S/C24H22Cl2FN5O/c25-21-3-4-22(27)23(26)19(21)2-1-15-10-28-24-20(15)9-16(11-29-24)17-12-30-32(13-17)18-5-7-31(14-33)8-6-18/h3-4,9-14,18H,1-2,5-8H2,(H,28,29). The number of amides is 1. The van der Waals surface area contributed by atoms with Gasteiger partial charge < -0.3 is 9.88 Å². The number of aromatic amines is 1. The average molecular weight is 486 g/mol. The molecular weight excluding hydrogens is 464 g/mol. The molecule has 170 valence electrons. The fourth-order valence-corrected chi connectivity index (χ4v) is 4.98. The van der Waals surface area contributed by atoms with Gasteiger partial charge in [-0.2, -0.15) is 5.10 Å². The Morgan fingerprint density at radius 3 is 2.76 bits per heavy atom. The summed E-state index contributed by atoms with van der Waals surface area (Å²) in [6, 6.07) is 5.20. The number of fused-ring (bicyclic) bond motifs is 1. The van der Waals surface area contributed by atoms with E-state index in [-0.39, 0.29) is 11.1 Å². The number of hydrogen-bond acceptors (Lipinski definition) is 3. The number of aromatic nitrogens is 4. The van der Waals surface area contributed by atoms with Crippen LogP contribution in [0.1, 0.15) is 30.0 Å². The number of nitrogens with one attached hydrogen (secondary N) is 1. The molecule has 4 aromatic rings. The predicted octanol–water partition coefficient (Wildman–Crippen LogP) is 5.45. The summed E-state index contributed by atoms with van der Waals surface area (Å²) >= 11 is 12.4. The Bertz CT molecular complexity index is 1310. The first-order chi connectivity index (χ1) is 16.0. The summed E-state index contributed by atoms with van der Waals surface area (Å²) in [4.78, 5) is 20.5. The molecule has 5 rings (SSSR count). The minimum Gasteiger partial charge on any atom is -0.346 e. The van der Waals surface area contributed by atoms with Crippen molar-refractivity contribution in [1.82, 2.24) is 24.6 Å². The Labute approximate surface area is 200 Å². The van der Waals surface area contributed by atoms with Gasteiger partial charge in [0.2, 0.25) is 6.41 Å². The molecule has 1 amide bonds. The number of rotatable bonds is 6. The van der Waals surface area contributed by atoms with Crippen molar-refractivity contribution in [3.63, 3.8) is 0 Å². The Hall–Kier alpha value is -2.90. The molecule has 0 saturated carbocycles. The summed E-state index contributed by atoms with van der Waals surface area (Å²) < 4.78 is 15.9. The van der Waals surface area contributed by atoms with Gasteiger partial charge in [0.1, 0.15) is 11.5 Å². The van der Waals surface area contributed by atoms with Crippen LogP contribution in [0.15, 0.2) is 43.0 Å². The second-order valence-electron chi connectivity index (χ2n) is 8.34. The van der Waals surface area contributed by atoms with Gasteiger partial charge in [-0.25, -0.2) is 9.37 Å². The Kier molecular flexibility index (Phi) is 6.08. The molecule has 0 radical (unpaired) electrons. The molecule has 1 aliphatic heterocycles. The van der Waals surface area contributed by atoms with Gasteiger partial charge in [-0.15, -0.1) is 0 Å². The summed E-state index contributed by atoms with van der Waals surface area (Å²) in [5, 5.41) is 6.11. The van der Waals surface area contributed by atoms with Crippen LogP contribution in [0.25, 0.3) is 22.2 Å². The first kappa shape index (κ1) is 21.9. The van der Waals surface area contributed by atoms with Gasteiger partial charge in [-0.3, -0.25) is 9.48 Å². The van der Waals surface area contributed by atoms with E-state index in [9.17, 15) is 9.18 Å². The third kappa shape index (κ3) is 4.35. The first-order valence-corrected chi connectivity index (χ1v) is 11.6. The van der Waals surface area contributed by atoms with Crippen molar-refractivity contribution >= 4 is 40.6 Å². The fraction of sp³-hybridized carbons (Fsp3) is 0.292. The third-order valence-electron chi connectivity index (χ3n) is 6.36. The highest BCUT2D eigenvalue weighted by atomic mass is 35.5. The highest BCUT2D eigenvalue weighted by Gasteiger charge is 2.20. The number of carbonyl (C=O) groups excluding carboxylic acids is 1. The zero-order valence-corrected chi connectivity index (χ0v) is 19.3. The SMILES string of the molecule is O=CN1CCC(n2cc(-c3cnc4[nH]cc(CCc5c(Cl)ccc(F)c5Cl)c4c3)cn2)CC1. The van der Waals surface area contributed by atoms with Crippen molar-refractivity contribution in [1.29, 1.82) is 0 Å². The molecule has 4 heterocycles. The van der Waals surface area contributed by atoms with Gasteiger partial charge in [-0.05, 0) is 55.0 Å². The fourth-order valence-electron chi connectivity index (χ4n) is 4.42. The van der Waals surface area contributed by atoms with Gasteiger partial charge in [0.15, 0.2) is 0 Å². The van der Waals surface area contributed by atoms with Gasteiger partial charge in [-0.1, -0.05) is 23.2 Å². The van der Waals surface area contributed by atoms with Crippen LogP contribution in [0.4, 0.5) is 4.39 Å². The van der Waals surface area contributed by atoms with Crippen molar-refractivity contribution in [3.8, 4) is 11.1 Å². The van der Waals surface area contributed by atoms with E-state index in [2.05, 4.69) is 21.1 Å². The average Bonchev–Trinajstić information content (AvgIpc) is 3.49. The van der Waals surface area contributed by atoms with Crippen molar-refractivity contribution in [2.24, 2.45) is 0 Å². The highest BCUT2D eigenvalue weighted by molar-refractivity contribution is 6.36. The lowest BCUT2D eigenvalue weighted by molar-refractivity contribution is -0.119. The second kappa shape index (κ2) is 9.15. The maximum Gasteiger partial charge on any atom is 0.209 e. The van der Waals surface area contributed by atoms with E-state index in [4.69, 9.17) is 23.2 Å². The minimum atomic E-state index is -0.465. The van der Waals surface area contributed by atoms with E-state index in [1.54, 1.807) is 4.90 Å². The number of likely N-dealkylation sites (tertiary alicyclic amines) is 1. The molecule has 6 nitrogen and oxygen atoms in total. The highest BCUT2D eigenvalue weighted by Crippen LogP contribution is 2.31. The predicted molar refractivity (Wildman–Crippen MR) is 127 cm³/mol. The van der Waals surface area contributed by atoms with Crippen LogP contribution in [0.5, 0.6) is 0 Å². The molecule has 33 heavy (non-hydrogen) atoms. The smallest absolute Gasteiger partial charge is 0.209 e. The molecule has 1 fully saturated rings. The summed E-state index contributed by atoms with van der Waals surface area (Å²) in [5.41, 5.74) is 4.43. The molecule has 1 aliphatic rings. The maximum absolute atomic E-state index is 13.9. The number of benzene rings is 1. The molecule has 3 aromatic heterocycles. The largest absolute Gasteiger partial charge is 0.346 e. The third-order valence-corrected chi connectivity index (χ3v) is 7.12. The van der Waals surface area contributed by atoms with Crippen LogP contribution in [0, 0.1) is 5.82 Å². The molecule has 0 bridgehead atoms. The maximum atomic E-state index is 13.9. The van der Waals surface area contributed by atoms with Gasteiger partial charge in [0.05, 0.1) is 17.3 Å². The number of hydrogen-bond donors (Lipinski definition) is 1. The number of aryl methyl sites for hydroxylation is 1. The van der Waals surface area contributed by atoms with Crippen LogP contribution >= 0.6 is 23.2 Å². The van der Waals surface area contributed by atoms with Gasteiger partial charge in [0.25, 0.3) is 0 Å². The second-order valence-corrected chi connectivity index (χ2v) is 9.12. The molecular formula is C24H22Cl2FN5O. The lowest BCUT2D eigenvalue weighted by Crippen LogP contribution is -2.33. The Morgan fingerprint density at radius 2 is 1.97 bits per heavy atom. The summed E-state index contributed by atoms with van der Waals surface area (Å²) in [6.45, 7) is 1.51. The van der Waals surface area contributed by atoms with Crippen molar-refractivity contribution in [2.75, 3.05) is 13.1 Å². The quantitative estimate of drug-likeness (QED) is 0.291. The van der Waals surface area contributed by atoms with E-state index in [0.717, 1.165) is 60.1 Å². The summed E-state index contributed by atoms with van der Waals surface area (Å²) in [7, 11) is 0. The summed E-state index contributed by atoms with van der Waals surface area (Å²) in [5.74, 6) is -0.465. The van der Waals surface area contributed by atoms with Gasteiger partial charge in [0, 0.05) is 53.2 Å². The van der Waals surface area contributed by atoms with E-state index in [1.165, 1.54) is 12.1 Å². The zero-order chi connectivity index (χ0) is 22.9. The van der Waals surface area contributed by atoms with Crippen LogP contribution in [0.3, 0.4) is 0 Å². The van der Waals surface area contributed by atoms with Crippen molar-refractivity contribution in [2.45, 2.75) is 31.7 Å². The molecule has 0 unspecified atom stereocenters. The van der Waals surface area contributed by atoms with Crippen LogP contribution in [-0.2, 0) is 17.6 Å². The topological polar surface area (TPSA) is 66.8 Å². The Balaban J connectivity index is 1.37. The van der Waals surface area contributed by atoms with E-state index < -0.39 is 5.82 Å². The lowest BCUT2D eigenvalue weighted by Gasteiger charge is -2.29. The zero-order valence-electron chi connectivity index (χ0n) is 17.8. The first-order valence-electron chi connectivity index (χ1n) is 10.9. The van der Waals surface area contributed by atoms with Crippen molar-refractivity contribution < 1.29 is 9.18 Å². The number of pyridine rings is 1. The molecule has 0 spiro atoms. The molecule has 1 saturated heterocycles. The van der Waals surface area contributed by atoms with E-state index in [0.29, 0.717) is 23.4 Å². The minimum absolute atomic E-state index is 0.0764. The Morgan fingerprint density at radius 1 is 1.15 bits per heavy atom. The monoisotopic (exact) mass is 485 g/mol. The van der Waals surface area contributed by atoms with E-state index >= 15 is 0 Å². The number of piperidine rings is 1. The molecule has 0 aliphatic carbocycles. The normalized spacial score (nSPS) is 14.8. The number of halogens is 3. The van der Waals surface area contributed by atoms with Crippen LogP contribution in [0.2, 0.25) is 10.0 Å². The molecule has 1 N–H and O–H groups in total. The number of H-pyrrole nitrogens is 1. The molecule has 9 heteroatoms. The van der Waals surface area contributed by atoms with Crippen LogP contribution in [-0.4, -0.2) is 44.1 Å². The van der Waals surface area contributed by atoms with Gasteiger partial charge >= 0.3 is 0 Å². The number of nitrogens with zero attached hydrogens (tertiary/aromatic N) is 4.